The first kappa shape index (κ1) is 11.1. The Bertz CT molecular complexity index is 144. The van der Waals surface area contributed by atoms with Crippen LogP contribution in [-0.4, -0.2) is 0 Å². The Morgan fingerprint density at radius 2 is 1.92 bits per heavy atom. The summed E-state index contributed by atoms with van der Waals surface area (Å²) in [4.78, 5) is 0. The zero-order chi connectivity index (χ0) is 9.23. The van der Waals surface area contributed by atoms with E-state index >= 15 is 0 Å². The number of unbranched alkanes of at least 4 members (excludes halogenated alkanes) is 4. The van der Waals surface area contributed by atoms with Gasteiger partial charge in [0.2, 0.25) is 0 Å². The van der Waals surface area contributed by atoms with Crippen LogP contribution in [0, 0.1) is 0 Å². The molecule has 0 atom stereocenters. The Hall–Kier alpha value is -0.920. The number of nitrogens with two attached hydrogens (primary N) is 2. The maximum absolute atomic E-state index is 5.24. The first-order valence-electron chi connectivity index (χ1n) is 4.65. The monoisotopic (exact) mass is 168 g/mol. The van der Waals surface area contributed by atoms with Gasteiger partial charge in [0.05, 0.1) is 5.82 Å². The highest BCUT2D eigenvalue weighted by molar-refractivity contribution is 5.06. The Morgan fingerprint density at radius 3 is 2.50 bits per heavy atom. The number of allylic oxidation sites excluding steroid dienone is 3. The van der Waals surface area contributed by atoms with Crippen molar-refractivity contribution in [2.24, 2.45) is 11.5 Å². The van der Waals surface area contributed by atoms with Crippen LogP contribution in [0.1, 0.15) is 39.0 Å². The second kappa shape index (κ2) is 8.18. The van der Waals surface area contributed by atoms with Crippen LogP contribution in [0.25, 0.3) is 0 Å². The van der Waals surface area contributed by atoms with Gasteiger partial charge in [-0.25, -0.2) is 0 Å². The van der Waals surface area contributed by atoms with Crippen LogP contribution in [0.2, 0.25) is 0 Å². The molecule has 70 valence electrons. The second-order valence-corrected chi connectivity index (χ2v) is 2.94. The lowest BCUT2D eigenvalue weighted by atomic mass is 10.1. The van der Waals surface area contributed by atoms with Crippen molar-refractivity contribution in [2.45, 2.75) is 39.0 Å². The molecule has 0 fully saturated rings. The molecule has 0 rings (SSSR count). The SMILES string of the molecule is CCCCCCC=CC=C(N)N. The molecule has 0 aromatic carbocycles. The van der Waals surface area contributed by atoms with Crippen LogP contribution in [0.3, 0.4) is 0 Å². The minimum atomic E-state index is 0.375. The minimum absolute atomic E-state index is 0.375. The fraction of sp³-hybridized carbons (Fsp3) is 0.600. The highest BCUT2D eigenvalue weighted by Crippen LogP contribution is 2.02. The summed E-state index contributed by atoms with van der Waals surface area (Å²) in [5, 5.41) is 0. The smallest absolute Gasteiger partial charge is 0.0933 e. The highest BCUT2D eigenvalue weighted by atomic mass is 14.8. The zero-order valence-corrected chi connectivity index (χ0v) is 7.92. The van der Waals surface area contributed by atoms with Crippen molar-refractivity contribution in [3.05, 3.63) is 24.0 Å². The van der Waals surface area contributed by atoms with E-state index in [2.05, 4.69) is 13.0 Å². The maximum atomic E-state index is 5.24. The summed E-state index contributed by atoms with van der Waals surface area (Å²) in [6.07, 6.45) is 12.1. The van der Waals surface area contributed by atoms with Gasteiger partial charge in [0, 0.05) is 0 Å². The average molecular weight is 168 g/mol. The molecule has 0 aliphatic carbocycles. The largest absolute Gasteiger partial charge is 0.386 e. The van der Waals surface area contributed by atoms with Gasteiger partial charge in [0.1, 0.15) is 0 Å². The highest BCUT2D eigenvalue weighted by Gasteiger charge is 1.83. The fourth-order valence-corrected chi connectivity index (χ4v) is 0.964. The maximum Gasteiger partial charge on any atom is 0.0933 e. The molecule has 0 amide bonds. The topological polar surface area (TPSA) is 52.0 Å². The lowest BCUT2D eigenvalue weighted by Crippen LogP contribution is -2.06. The molecule has 4 N–H and O–H groups in total. The standard InChI is InChI=1S/C10H20N2/c1-2-3-4-5-6-7-8-9-10(11)12/h7-9H,2-6,11-12H2,1H3. The molecule has 0 aliphatic heterocycles. The molecule has 2 heteroatoms. The van der Waals surface area contributed by atoms with Gasteiger partial charge in [-0.15, -0.1) is 0 Å². The molecule has 0 unspecified atom stereocenters. The van der Waals surface area contributed by atoms with E-state index < -0.39 is 0 Å². The van der Waals surface area contributed by atoms with Crippen LogP contribution >= 0.6 is 0 Å². The van der Waals surface area contributed by atoms with Gasteiger partial charge < -0.3 is 11.5 Å². The lowest BCUT2D eigenvalue weighted by molar-refractivity contribution is 0.674. The van der Waals surface area contributed by atoms with Crippen molar-refractivity contribution in [1.82, 2.24) is 0 Å². The third-order valence-electron chi connectivity index (χ3n) is 1.65. The molecule has 0 saturated carbocycles. The van der Waals surface area contributed by atoms with E-state index in [-0.39, 0.29) is 0 Å². The molecule has 2 nitrogen and oxygen atoms in total. The molecule has 0 radical (unpaired) electrons. The van der Waals surface area contributed by atoms with Crippen LogP contribution in [0.5, 0.6) is 0 Å². The summed E-state index contributed by atoms with van der Waals surface area (Å²) in [7, 11) is 0. The van der Waals surface area contributed by atoms with Crippen molar-refractivity contribution < 1.29 is 0 Å². The molecule has 12 heavy (non-hydrogen) atoms. The molecular weight excluding hydrogens is 148 g/mol. The molecule has 0 heterocycles. The van der Waals surface area contributed by atoms with Gasteiger partial charge in [0.25, 0.3) is 0 Å². The number of hydrogen-bond acceptors (Lipinski definition) is 2. The van der Waals surface area contributed by atoms with E-state index in [1.807, 2.05) is 6.08 Å². The lowest BCUT2D eigenvalue weighted by Gasteiger charge is -1.93. The fourth-order valence-electron chi connectivity index (χ4n) is 0.964. The third-order valence-corrected chi connectivity index (χ3v) is 1.65. The van der Waals surface area contributed by atoms with Crippen molar-refractivity contribution in [3.63, 3.8) is 0 Å². The van der Waals surface area contributed by atoms with Crippen LogP contribution in [0.15, 0.2) is 24.0 Å². The Labute approximate surface area is 75.3 Å². The van der Waals surface area contributed by atoms with Gasteiger partial charge in [-0.2, -0.15) is 0 Å². The number of rotatable bonds is 6. The van der Waals surface area contributed by atoms with Crippen molar-refractivity contribution in [2.75, 3.05) is 0 Å². The third kappa shape index (κ3) is 9.08. The first-order valence-corrected chi connectivity index (χ1v) is 4.65. The summed E-state index contributed by atoms with van der Waals surface area (Å²) in [6.45, 7) is 2.22. The Kier molecular flexibility index (Phi) is 7.55. The van der Waals surface area contributed by atoms with E-state index in [0.717, 1.165) is 6.42 Å². The number of hydrogen-bond donors (Lipinski definition) is 2. The van der Waals surface area contributed by atoms with Gasteiger partial charge in [-0.1, -0.05) is 38.3 Å². The van der Waals surface area contributed by atoms with Crippen molar-refractivity contribution in [1.29, 1.82) is 0 Å². The van der Waals surface area contributed by atoms with E-state index in [4.69, 9.17) is 11.5 Å². The second-order valence-electron chi connectivity index (χ2n) is 2.94. The quantitative estimate of drug-likeness (QED) is 0.472. The van der Waals surface area contributed by atoms with E-state index in [1.165, 1.54) is 25.7 Å². The predicted molar refractivity (Wildman–Crippen MR) is 54.4 cm³/mol. The predicted octanol–water partition coefficient (Wildman–Crippen LogP) is 2.27. The van der Waals surface area contributed by atoms with Crippen LogP contribution in [0.4, 0.5) is 0 Å². The van der Waals surface area contributed by atoms with E-state index in [0.29, 0.717) is 5.82 Å². The minimum Gasteiger partial charge on any atom is -0.386 e. The van der Waals surface area contributed by atoms with Gasteiger partial charge in [0.15, 0.2) is 0 Å². The molecule has 0 aromatic rings. The normalized spacial score (nSPS) is 10.4. The molecule has 0 aromatic heterocycles. The molecule has 0 saturated heterocycles. The van der Waals surface area contributed by atoms with Crippen molar-refractivity contribution in [3.8, 4) is 0 Å². The van der Waals surface area contributed by atoms with Crippen molar-refractivity contribution >= 4 is 0 Å². The Balaban J connectivity index is 3.19. The summed E-state index contributed by atoms with van der Waals surface area (Å²) in [5.74, 6) is 0.375. The zero-order valence-electron chi connectivity index (χ0n) is 7.92. The molecule has 0 bridgehead atoms. The van der Waals surface area contributed by atoms with Crippen LogP contribution in [-0.2, 0) is 0 Å². The van der Waals surface area contributed by atoms with Gasteiger partial charge in [-0.3, -0.25) is 0 Å². The Morgan fingerprint density at radius 1 is 1.17 bits per heavy atom. The molecule has 0 spiro atoms. The average Bonchev–Trinajstić information content (AvgIpc) is 2.02. The summed E-state index contributed by atoms with van der Waals surface area (Å²) < 4.78 is 0. The van der Waals surface area contributed by atoms with Crippen LogP contribution < -0.4 is 11.5 Å². The summed E-state index contributed by atoms with van der Waals surface area (Å²) in [5.41, 5.74) is 10.5. The summed E-state index contributed by atoms with van der Waals surface area (Å²) >= 11 is 0. The summed E-state index contributed by atoms with van der Waals surface area (Å²) in [6, 6.07) is 0. The van der Waals surface area contributed by atoms with E-state index in [1.54, 1.807) is 6.08 Å². The van der Waals surface area contributed by atoms with Gasteiger partial charge >= 0.3 is 0 Å². The van der Waals surface area contributed by atoms with E-state index in [9.17, 15) is 0 Å². The first-order chi connectivity index (χ1) is 5.77. The molecular formula is C10H20N2. The van der Waals surface area contributed by atoms with Gasteiger partial charge in [-0.05, 0) is 18.9 Å². The molecule has 0 aliphatic rings.